The van der Waals surface area contributed by atoms with Gasteiger partial charge in [0, 0.05) is 47.2 Å². The van der Waals surface area contributed by atoms with Crippen molar-refractivity contribution in [2.24, 2.45) is 28.1 Å². The third kappa shape index (κ3) is 9.58. The zero-order valence-corrected chi connectivity index (χ0v) is 27.2. The van der Waals surface area contributed by atoms with E-state index in [4.69, 9.17) is 17.2 Å². The summed E-state index contributed by atoms with van der Waals surface area (Å²) in [7, 11) is 0. The summed E-state index contributed by atoms with van der Waals surface area (Å²) < 4.78 is 0. The van der Waals surface area contributed by atoms with Crippen LogP contribution in [0.4, 0.5) is 0 Å². The van der Waals surface area contributed by atoms with Gasteiger partial charge >= 0.3 is 5.97 Å². The van der Waals surface area contributed by atoms with E-state index < -0.39 is 47.9 Å². The summed E-state index contributed by atoms with van der Waals surface area (Å²) in [6.07, 6.45) is 4.50. The molecule has 4 aromatic rings. The smallest absolute Gasteiger partial charge is 0.326 e. The predicted octanol–water partition coefficient (Wildman–Crippen LogP) is 1.40. The Bertz CT molecular complexity index is 1760. The minimum Gasteiger partial charge on any atom is -0.480 e. The number of H-pyrrole nitrogens is 2. The number of hydrogen-bond acceptors (Lipinski definition) is 6. The lowest BCUT2D eigenvalue weighted by Crippen LogP contribution is -2.57. The molecule has 2 aromatic carbocycles. The van der Waals surface area contributed by atoms with E-state index in [0.717, 1.165) is 32.9 Å². The summed E-state index contributed by atoms with van der Waals surface area (Å²) in [5, 5.41) is 19.7. The van der Waals surface area contributed by atoms with Gasteiger partial charge in [-0.25, -0.2) is 4.79 Å². The number of carboxylic acids is 1. The molecule has 12 N–H and O–H groups in total. The lowest BCUT2D eigenvalue weighted by atomic mass is 10.0. The lowest BCUT2D eigenvalue weighted by molar-refractivity contribution is -0.142. The van der Waals surface area contributed by atoms with Crippen LogP contribution in [0, 0.1) is 5.92 Å². The second kappa shape index (κ2) is 16.5. The zero-order chi connectivity index (χ0) is 34.8. The number of nitrogens with one attached hydrogen (secondary N) is 5. The first-order valence-electron chi connectivity index (χ1n) is 16.0. The number of carbonyl (C=O) groups is 4. The predicted molar refractivity (Wildman–Crippen MR) is 185 cm³/mol. The maximum Gasteiger partial charge on any atom is 0.326 e. The molecule has 2 aromatic heterocycles. The SMILES string of the molecule is CC(C)CC(NC(=O)C(Cc1c[nH]c2ccccc12)NC(=O)C(CCCN=C(N)N)NC(=O)C(N)Cc1c[nH]c2ccccc12)C(=O)O. The van der Waals surface area contributed by atoms with Crippen molar-refractivity contribution in [3.63, 3.8) is 0 Å². The fourth-order valence-electron chi connectivity index (χ4n) is 5.65. The van der Waals surface area contributed by atoms with Crippen molar-refractivity contribution in [2.75, 3.05) is 6.54 Å². The fraction of sp³-hybridized carbons (Fsp3) is 0.382. The number of aliphatic carboxylic acids is 1. The van der Waals surface area contributed by atoms with Gasteiger partial charge in [0.05, 0.1) is 6.04 Å². The molecule has 0 saturated heterocycles. The lowest BCUT2D eigenvalue weighted by Gasteiger charge is -2.25. The second-order valence-electron chi connectivity index (χ2n) is 12.3. The van der Waals surface area contributed by atoms with Crippen LogP contribution in [0.15, 0.2) is 65.9 Å². The van der Waals surface area contributed by atoms with Crippen LogP contribution in [0.25, 0.3) is 21.8 Å². The molecule has 48 heavy (non-hydrogen) atoms. The Balaban J connectivity index is 1.55. The first-order chi connectivity index (χ1) is 22.9. The molecule has 0 aliphatic carbocycles. The van der Waals surface area contributed by atoms with Crippen molar-refractivity contribution in [3.8, 4) is 0 Å². The normalized spacial score (nSPS) is 13.8. The fourth-order valence-corrected chi connectivity index (χ4v) is 5.65. The number of carbonyl (C=O) groups excluding carboxylic acids is 3. The number of carboxylic acid groups (broad SMARTS) is 1. The van der Waals surface area contributed by atoms with E-state index in [1.165, 1.54) is 0 Å². The van der Waals surface area contributed by atoms with Gasteiger partial charge in [-0.2, -0.15) is 0 Å². The summed E-state index contributed by atoms with van der Waals surface area (Å²) in [6, 6.07) is 10.8. The molecule has 0 radical (unpaired) electrons. The van der Waals surface area contributed by atoms with Gasteiger partial charge in [-0.05, 0) is 54.9 Å². The van der Waals surface area contributed by atoms with E-state index in [1.807, 2.05) is 62.4 Å². The molecule has 3 amide bonds. The van der Waals surface area contributed by atoms with Gasteiger partial charge < -0.3 is 48.2 Å². The summed E-state index contributed by atoms with van der Waals surface area (Å²) >= 11 is 0. The topological polar surface area (TPSA) is 247 Å². The van der Waals surface area contributed by atoms with E-state index in [1.54, 1.807) is 12.4 Å². The zero-order valence-electron chi connectivity index (χ0n) is 27.2. The Morgan fingerprint density at radius 2 is 1.29 bits per heavy atom. The maximum absolute atomic E-state index is 13.9. The molecular formula is C34H45N9O5. The number of guanidine groups is 1. The number of para-hydroxylation sites is 2. The van der Waals surface area contributed by atoms with Crippen molar-refractivity contribution in [1.82, 2.24) is 25.9 Å². The van der Waals surface area contributed by atoms with Crippen LogP contribution in [0.1, 0.15) is 44.2 Å². The van der Waals surface area contributed by atoms with E-state index in [9.17, 15) is 24.3 Å². The van der Waals surface area contributed by atoms with Gasteiger partial charge in [-0.3, -0.25) is 19.4 Å². The Morgan fingerprint density at radius 1 is 0.771 bits per heavy atom. The summed E-state index contributed by atoms with van der Waals surface area (Å²) in [5.41, 5.74) is 20.6. The number of nitrogens with two attached hydrogens (primary N) is 3. The Morgan fingerprint density at radius 3 is 1.85 bits per heavy atom. The number of aromatic amines is 2. The van der Waals surface area contributed by atoms with E-state index in [2.05, 4.69) is 30.9 Å². The van der Waals surface area contributed by atoms with Crippen molar-refractivity contribution in [2.45, 2.75) is 70.1 Å². The van der Waals surface area contributed by atoms with Crippen LogP contribution in [-0.2, 0) is 32.0 Å². The summed E-state index contributed by atoms with van der Waals surface area (Å²) in [4.78, 5) is 63.2. The van der Waals surface area contributed by atoms with Gasteiger partial charge in [0.15, 0.2) is 5.96 Å². The van der Waals surface area contributed by atoms with Crippen molar-refractivity contribution in [3.05, 3.63) is 72.1 Å². The standard InChI is InChI=1S/C34H45N9O5/c1-19(2)14-29(33(47)48)43-32(46)28(16-21-18-40-26-11-6-4-9-23(21)26)42-31(45)27(12-7-13-38-34(36)37)41-30(44)24(35)15-20-17-39-25-10-5-3-8-22(20)25/h3-6,8-11,17-19,24,27-29,39-40H,7,12-16,35H2,1-2H3,(H,41,44)(H,42,45)(H,43,46)(H,47,48)(H4,36,37,38). The summed E-state index contributed by atoms with van der Waals surface area (Å²) in [6.45, 7) is 3.91. The van der Waals surface area contributed by atoms with Crippen LogP contribution in [-0.4, -0.2) is 75.4 Å². The van der Waals surface area contributed by atoms with Crippen LogP contribution in [0.5, 0.6) is 0 Å². The molecule has 0 fully saturated rings. The van der Waals surface area contributed by atoms with Crippen LogP contribution in [0.3, 0.4) is 0 Å². The number of benzene rings is 2. The number of fused-ring (bicyclic) bond motifs is 2. The minimum atomic E-state index is -1.18. The Labute approximate surface area is 278 Å². The Hall–Kier alpha value is -5.37. The molecule has 4 unspecified atom stereocenters. The van der Waals surface area contributed by atoms with Crippen LogP contribution < -0.4 is 33.2 Å². The first kappa shape index (κ1) is 35.5. The number of rotatable bonds is 17. The Kier molecular flexibility index (Phi) is 12.2. The third-order valence-electron chi connectivity index (χ3n) is 8.08. The number of amides is 3. The molecule has 0 aliphatic heterocycles. The molecule has 2 heterocycles. The molecular weight excluding hydrogens is 614 g/mol. The number of aliphatic imine (C=N–C) groups is 1. The third-order valence-corrected chi connectivity index (χ3v) is 8.08. The van der Waals surface area contributed by atoms with Gasteiger partial charge in [0.25, 0.3) is 0 Å². The molecule has 256 valence electrons. The van der Waals surface area contributed by atoms with Gasteiger partial charge in [-0.1, -0.05) is 50.2 Å². The van der Waals surface area contributed by atoms with Crippen molar-refractivity contribution >= 4 is 51.5 Å². The van der Waals surface area contributed by atoms with Gasteiger partial charge in [0.1, 0.15) is 18.1 Å². The quantitative estimate of drug-likeness (QED) is 0.0454. The number of nitrogens with zero attached hydrogens (tertiary/aromatic N) is 1. The minimum absolute atomic E-state index is 0.00802. The highest BCUT2D eigenvalue weighted by molar-refractivity contribution is 5.95. The second-order valence-corrected chi connectivity index (χ2v) is 12.3. The van der Waals surface area contributed by atoms with Gasteiger partial charge in [0.2, 0.25) is 17.7 Å². The number of hydrogen-bond donors (Lipinski definition) is 9. The highest BCUT2D eigenvalue weighted by Gasteiger charge is 2.31. The van der Waals surface area contributed by atoms with Crippen LogP contribution >= 0.6 is 0 Å². The van der Waals surface area contributed by atoms with Crippen LogP contribution in [0.2, 0.25) is 0 Å². The maximum atomic E-state index is 13.9. The molecule has 0 aliphatic rings. The monoisotopic (exact) mass is 659 g/mol. The number of aromatic nitrogens is 2. The molecule has 0 spiro atoms. The van der Waals surface area contributed by atoms with E-state index in [0.29, 0.717) is 6.42 Å². The van der Waals surface area contributed by atoms with E-state index >= 15 is 0 Å². The van der Waals surface area contributed by atoms with Gasteiger partial charge in [-0.15, -0.1) is 0 Å². The average molecular weight is 660 g/mol. The molecule has 0 bridgehead atoms. The molecule has 4 atom stereocenters. The molecule has 4 rings (SSSR count). The highest BCUT2D eigenvalue weighted by Crippen LogP contribution is 2.21. The molecule has 0 saturated carbocycles. The largest absolute Gasteiger partial charge is 0.480 e. The van der Waals surface area contributed by atoms with E-state index in [-0.39, 0.29) is 44.1 Å². The molecule has 14 nitrogen and oxygen atoms in total. The van der Waals surface area contributed by atoms with Crippen molar-refractivity contribution in [1.29, 1.82) is 0 Å². The van der Waals surface area contributed by atoms with Crippen molar-refractivity contribution < 1.29 is 24.3 Å². The summed E-state index contributed by atoms with van der Waals surface area (Å²) in [5.74, 6) is -3.14. The highest BCUT2D eigenvalue weighted by atomic mass is 16.4. The average Bonchev–Trinajstić information content (AvgIpc) is 3.65. The molecule has 14 heteroatoms. The first-order valence-corrected chi connectivity index (χ1v) is 16.0.